The second kappa shape index (κ2) is 8.93. The molecule has 0 unspecified atom stereocenters. The van der Waals surface area contributed by atoms with Crippen molar-refractivity contribution in [3.63, 3.8) is 0 Å². The smallest absolute Gasteiger partial charge is 0.339 e. The maximum atomic E-state index is 12.0. The van der Waals surface area contributed by atoms with E-state index in [1.807, 2.05) is 6.07 Å². The lowest BCUT2D eigenvalue weighted by atomic mass is 10.0. The van der Waals surface area contributed by atoms with E-state index in [-0.39, 0.29) is 24.0 Å². The first-order chi connectivity index (χ1) is 12.8. The van der Waals surface area contributed by atoms with Crippen molar-refractivity contribution in [2.45, 2.75) is 24.9 Å². The topological polar surface area (TPSA) is 153 Å². The monoisotopic (exact) mass is 372 g/mol. The summed E-state index contributed by atoms with van der Waals surface area (Å²) >= 11 is 0. The number of para-hydroxylation sites is 1. The van der Waals surface area contributed by atoms with Crippen LogP contribution < -0.4 is 11.5 Å². The first kappa shape index (κ1) is 20.1. The molecule has 2 atom stereocenters. The van der Waals surface area contributed by atoms with Crippen LogP contribution in [0.4, 0.5) is 0 Å². The summed E-state index contributed by atoms with van der Waals surface area (Å²) in [6.45, 7) is 0. The van der Waals surface area contributed by atoms with Gasteiger partial charge in [0.15, 0.2) is 0 Å². The number of esters is 2. The number of phenols is 1. The molecule has 0 bridgehead atoms. The van der Waals surface area contributed by atoms with Crippen molar-refractivity contribution < 1.29 is 29.3 Å². The van der Waals surface area contributed by atoms with E-state index in [1.54, 1.807) is 24.3 Å². The van der Waals surface area contributed by atoms with Crippen LogP contribution in [0.3, 0.4) is 0 Å². The van der Waals surface area contributed by atoms with Crippen LogP contribution in [-0.4, -0.2) is 40.2 Å². The van der Waals surface area contributed by atoms with Crippen molar-refractivity contribution in [2.75, 3.05) is 0 Å². The summed E-state index contributed by atoms with van der Waals surface area (Å²) in [7, 11) is 0. The van der Waals surface area contributed by atoms with E-state index in [9.17, 15) is 19.5 Å². The first-order valence-corrected chi connectivity index (χ1v) is 8.14. The molecule has 0 saturated heterocycles. The molecule has 142 valence electrons. The van der Waals surface area contributed by atoms with Gasteiger partial charge in [-0.25, -0.2) is 14.4 Å². The van der Waals surface area contributed by atoms with Gasteiger partial charge in [-0.05, 0) is 23.6 Å². The van der Waals surface area contributed by atoms with Crippen LogP contribution in [0.5, 0.6) is 5.75 Å². The number of hydrogen-bond acceptors (Lipinski definition) is 7. The van der Waals surface area contributed by atoms with Crippen molar-refractivity contribution in [3.05, 3.63) is 65.2 Å². The predicted molar refractivity (Wildman–Crippen MR) is 96.0 cm³/mol. The van der Waals surface area contributed by atoms with Crippen LogP contribution >= 0.6 is 0 Å². The molecule has 2 aromatic rings. The number of nitrogens with two attached hydrogens (primary N) is 2. The van der Waals surface area contributed by atoms with Crippen LogP contribution in [0.1, 0.15) is 21.5 Å². The molecular formula is C19H20N2O6. The molecule has 0 spiro atoms. The molecule has 8 heteroatoms. The molecule has 0 aliphatic rings. The van der Waals surface area contributed by atoms with Gasteiger partial charge in [-0.15, -0.1) is 0 Å². The van der Waals surface area contributed by atoms with Crippen molar-refractivity contribution in [1.29, 1.82) is 0 Å². The number of rotatable bonds is 7. The Labute approximate surface area is 155 Å². The minimum Gasteiger partial charge on any atom is -0.507 e. The molecular weight excluding hydrogens is 352 g/mol. The zero-order chi connectivity index (χ0) is 20.0. The number of ether oxygens (including phenoxy) is 1. The van der Waals surface area contributed by atoms with Gasteiger partial charge in [0.1, 0.15) is 23.4 Å². The van der Waals surface area contributed by atoms with Crippen LogP contribution in [0.15, 0.2) is 48.5 Å². The SMILES string of the molecule is N[C@@H](Cc1ccccc1)C(=O)OC(=O)[C@@H](N)Cc1cccc(C(=O)O)c1O. The Bertz CT molecular complexity index is 837. The summed E-state index contributed by atoms with van der Waals surface area (Å²) in [5.41, 5.74) is 12.1. The van der Waals surface area contributed by atoms with Crippen molar-refractivity contribution in [3.8, 4) is 5.75 Å². The molecule has 0 radical (unpaired) electrons. The number of carboxylic acids is 1. The van der Waals surface area contributed by atoms with Crippen LogP contribution in [0.25, 0.3) is 0 Å². The van der Waals surface area contributed by atoms with Gasteiger partial charge >= 0.3 is 17.9 Å². The molecule has 0 saturated carbocycles. The molecule has 2 aromatic carbocycles. The minimum atomic E-state index is -1.31. The predicted octanol–water partition coefficient (Wildman–Crippen LogP) is 0.600. The first-order valence-electron chi connectivity index (χ1n) is 8.14. The van der Waals surface area contributed by atoms with E-state index in [0.717, 1.165) is 5.56 Å². The Hall–Kier alpha value is -3.23. The Morgan fingerprint density at radius 3 is 2.07 bits per heavy atom. The second-order valence-corrected chi connectivity index (χ2v) is 5.97. The lowest BCUT2D eigenvalue weighted by Gasteiger charge is -2.14. The van der Waals surface area contributed by atoms with E-state index in [2.05, 4.69) is 0 Å². The number of hydrogen-bond donors (Lipinski definition) is 4. The zero-order valence-corrected chi connectivity index (χ0v) is 14.4. The highest BCUT2D eigenvalue weighted by molar-refractivity contribution is 5.92. The maximum Gasteiger partial charge on any atom is 0.339 e. The fourth-order valence-corrected chi connectivity index (χ4v) is 2.45. The third-order valence-corrected chi connectivity index (χ3v) is 3.89. The third-order valence-electron chi connectivity index (χ3n) is 3.89. The quantitative estimate of drug-likeness (QED) is 0.407. The summed E-state index contributed by atoms with van der Waals surface area (Å²) in [5, 5.41) is 18.9. The van der Waals surface area contributed by atoms with Crippen LogP contribution in [0.2, 0.25) is 0 Å². The third kappa shape index (κ3) is 5.37. The lowest BCUT2D eigenvalue weighted by Crippen LogP contribution is -2.41. The van der Waals surface area contributed by atoms with Gasteiger partial charge in [-0.2, -0.15) is 0 Å². The molecule has 0 aliphatic heterocycles. The number of carboxylic acid groups (broad SMARTS) is 1. The second-order valence-electron chi connectivity index (χ2n) is 5.97. The van der Waals surface area contributed by atoms with E-state index < -0.39 is 35.7 Å². The summed E-state index contributed by atoms with van der Waals surface area (Å²) in [6, 6.07) is 10.8. The Morgan fingerprint density at radius 2 is 1.48 bits per heavy atom. The molecule has 2 rings (SSSR count). The molecule has 0 aromatic heterocycles. The van der Waals surface area contributed by atoms with Gasteiger partial charge in [-0.1, -0.05) is 42.5 Å². The average molecular weight is 372 g/mol. The summed E-state index contributed by atoms with van der Waals surface area (Å²) in [6.07, 6.45) is -0.00335. The fourth-order valence-electron chi connectivity index (χ4n) is 2.45. The van der Waals surface area contributed by atoms with Gasteiger partial charge in [0.2, 0.25) is 0 Å². The molecule has 0 fully saturated rings. The van der Waals surface area contributed by atoms with Crippen LogP contribution in [-0.2, 0) is 27.2 Å². The highest BCUT2D eigenvalue weighted by atomic mass is 16.6. The number of benzene rings is 2. The molecule has 6 N–H and O–H groups in total. The highest BCUT2D eigenvalue weighted by Crippen LogP contribution is 2.23. The van der Waals surface area contributed by atoms with Gasteiger partial charge in [0.25, 0.3) is 0 Å². The Kier molecular flexibility index (Phi) is 6.64. The van der Waals surface area contributed by atoms with Crippen LogP contribution in [0, 0.1) is 0 Å². The van der Waals surface area contributed by atoms with Gasteiger partial charge in [0.05, 0.1) is 0 Å². The largest absolute Gasteiger partial charge is 0.507 e. The lowest BCUT2D eigenvalue weighted by molar-refractivity contribution is -0.161. The van der Waals surface area contributed by atoms with E-state index in [0.29, 0.717) is 0 Å². The van der Waals surface area contributed by atoms with E-state index >= 15 is 0 Å². The average Bonchev–Trinajstić information content (AvgIpc) is 2.63. The van der Waals surface area contributed by atoms with Gasteiger partial charge in [0, 0.05) is 6.42 Å². The maximum absolute atomic E-state index is 12.0. The number of carbonyl (C=O) groups is 3. The van der Waals surface area contributed by atoms with E-state index in [4.69, 9.17) is 21.3 Å². The van der Waals surface area contributed by atoms with Crippen molar-refractivity contribution in [1.82, 2.24) is 0 Å². The van der Waals surface area contributed by atoms with E-state index in [1.165, 1.54) is 18.2 Å². The summed E-state index contributed by atoms with van der Waals surface area (Å²) < 4.78 is 4.71. The Balaban J connectivity index is 1.96. The fraction of sp³-hybridized carbons (Fsp3) is 0.211. The molecule has 0 aliphatic carbocycles. The number of aromatic carboxylic acids is 1. The number of carbonyl (C=O) groups excluding carboxylic acids is 2. The van der Waals surface area contributed by atoms with Crippen molar-refractivity contribution in [2.24, 2.45) is 11.5 Å². The summed E-state index contributed by atoms with van der Waals surface area (Å²) in [5.74, 6) is -3.72. The highest BCUT2D eigenvalue weighted by Gasteiger charge is 2.25. The summed E-state index contributed by atoms with van der Waals surface area (Å²) in [4.78, 5) is 35.0. The van der Waals surface area contributed by atoms with Gasteiger partial charge in [-0.3, -0.25) is 0 Å². The standard InChI is InChI=1S/C19H20N2O6/c20-14(9-11-5-2-1-3-6-11)18(25)27-19(26)15(21)10-12-7-4-8-13(16(12)22)17(23)24/h1-8,14-15,22H,9-10,20-21H2,(H,23,24)/t14-,15-/m0/s1. The Morgan fingerprint density at radius 1 is 0.889 bits per heavy atom. The van der Waals surface area contributed by atoms with Gasteiger partial charge < -0.3 is 26.4 Å². The minimum absolute atomic E-state index is 0.153. The normalized spacial score (nSPS) is 12.8. The van der Waals surface area contributed by atoms with Crippen molar-refractivity contribution >= 4 is 17.9 Å². The molecule has 27 heavy (non-hydrogen) atoms. The molecule has 8 nitrogen and oxygen atoms in total. The molecule has 0 amide bonds. The molecule has 0 heterocycles. The number of aromatic hydroxyl groups is 1. The zero-order valence-electron chi connectivity index (χ0n) is 14.4.